The minimum absolute atomic E-state index is 0.0788. The third-order valence-corrected chi connectivity index (χ3v) is 7.11. The Balaban J connectivity index is 2.00. The Bertz CT molecular complexity index is 1320. The van der Waals surface area contributed by atoms with Crippen LogP contribution in [0.3, 0.4) is 0 Å². The predicted molar refractivity (Wildman–Crippen MR) is 135 cm³/mol. The Kier molecular flexibility index (Phi) is 6.89. The number of amides is 1. The number of hydrogen-bond acceptors (Lipinski definition) is 9. The monoisotopic (exact) mass is 510 g/mol. The van der Waals surface area contributed by atoms with Gasteiger partial charge in [0.15, 0.2) is 16.6 Å². The van der Waals surface area contributed by atoms with Gasteiger partial charge in [0.25, 0.3) is 5.78 Å². The van der Waals surface area contributed by atoms with Crippen LogP contribution in [0.4, 0.5) is 5.13 Å². The Labute approximate surface area is 212 Å². The van der Waals surface area contributed by atoms with Gasteiger partial charge >= 0.3 is 5.91 Å². The van der Waals surface area contributed by atoms with Gasteiger partial charge in [0.05, 0.1) is 45.7 Å². The molecule has 0 bridgehead atoms. The van der Waals surface area contributed by atoms with Crippen molar-refractivity contribution in [2.45, 2.75) is 19.9 Å². The molecule has 9 nitrogen and oxygen atoms in total. The van der Waals surface area contributed by atoms with Crippen molar-refractivity contribution in [1.29, 1.82) is 0 Å². The van der Waals surface area contributed by atoms with Crippen molar-refractivity contribution >= 4 is 33.9 Å². The van der Waals surface area contributed by atoms with Crippen molar-refractivity contribution in [3.63, 3.8) is 0 Å². The molecule has 0 unspecified atom stereocenters. The second kappa shape index (κ2) is 9.90. The van der Waals surface area contributed by atoms with E-state index in [1.807, 2.05) is 13.8 Å². The van der Waals surface area contributed by atoms with E-state index < -0.39 is 17.7 Å². The third kappa shape index (κ3) is 4.13. The highest BCUT2D eigenvalue weighted by Crippen LogP contribution is 2.48. The smallest absolute Gasteiger partial charge is 0.301 e. The molecule has 4 rings (SSSR count). The molecule has 3 aromatic rings. The van der Waals surface area contributed by atoms with Crippen molar-refractivity contribution in [2.75, 3.05) is 33.3 Å². The standard InChI is InChI=1S/C26H26N2O7S/c1-13-14(2)36-26(27-13)28-21(16-11-18(33-4)24(35-6)19(12-16)34-5)20(23(30)25(28)31)22(29)15-7-9-17(32-3)10-8-15/h7-12,21,29H,1-6H3/b22-20+/t21-/m1/s1. The lowest BCUT2D eigenvalue weighted by Gasteiger charge is -2.24. The Hall–Kier alpha value is -4.05. The summed E-state index contributed by atoms with van der Waals surface area (Å²) in [6, 6.07) is 8.86. The maximum atomic E-state index is 13.4. The molecule has 1 aliphatic heterocycles. The molecule has 1 saturated heterocycles. The van der Waals surface area contributed by atoms with Gasteiger partial charge in [-0.1, -0.05) is 0 Å². The molecule has 1 N–H and O–H groups in total. The van der Waals surface area contributed by atoms with Gasteiger partial charge in [0, 0.05) is 10.4 Å². The number of aliphatic hydroxyl groups is 1. The number of thiazole rings is 1. The molecule has 1 aromatic heterocycles. The first kappa shape index (κ1) is 25.1. The number of carbonyl (C=O) groups excluding carboxylic acids is 2. The first-order chi connectivity index (χ1) is 17.2. The number of benzene rings is 2. The highest BCUT2D eigenvalue weighted by Gasteiger charge is 2.48. The number of carbonyl (C=O) groups is 2. The fourth-order valence-electron chi connectivity index (χ4n) is 4.07. The summed E-state index contributed by atoms with van der Waals surface area (Å²) in [5, 5.41) is 11.7. The lowest BCUT2D eigenvalue weighted by atomic mass is 9.94. The minimum Gasteiger partial charge on any atom is -0.507 e. The second-order valence-corrected chi connectivity index (χ2v) is 9.18. The largest absolute Gasteiger partial charge is 0.507 e. The van der Waals surface area contributed by atoms with E-state index in [2.05, 4.69) is 4.98 Å². The van der Waals surface area contributed by atoms with Gasteiger partial charge in [0.2, 0.25) is 5.75 Å². The first-order valence-corrected chi connectivity index (χ1v) is 11.8. The summed E-state index contributed by atoms with van der Waals surface area (Å²) in [5.41, 5.74) is 1.50. The van der Waals surface area contributed by atoms with E-state index in [0.29, 0.717) is 39.3 Å². The van der Waals surface area contributed by atoms with Crippen LogP contribution in [0.5, 0.6) is 23.0 Å². The summed E-state index contributed by atoms with van der Waals surface area (Å²) in [7, 11) is 5.96. The molecule has 1 amide bonds. The number of anilines is 1. The van der Waals surface area contributed by atoms with Crippen molar-refractivity contribution in [3.05, 3.63) is 63.7 Å². The summed E-state index contributed by atoms with van der Waals surface area (Å²) in [4.78, 5) is 33.5. The lowest BCUT2D eigenvalue weighted by molar-refractivity contribution is -0.132. The molecule has 0 radical (unpaired) electrons. The zero-order valence-corrected chi connectivity index (χ0v) is 21.6. The van der Waals surface area contributed by atoms with Crippen LogP contribution in [-0.4, -0.2) is 50.2 Å². The number of aliphatic hydroxyl groups excluding tert-OH is 1. The van der Waals surface area contributed by atoms with E-state index in [1.165, 1.54) is 44.7 Å². The topological polar surface area (TPSA) is 107 Å². The Morgan fingerprint density at radius 3 is 2.03 bits per heavy atom. The lowest BCUT2D eigenvalue weighted by Crippen LogP contribution is -2.29. The van der Waals surface area contributed by atoms with E-state index in [4.69, 9.17) is 18.9 Å². The Morgan fingerprint density at radius 2 is 1.56 bits per heavy atom. The zero-order chi connectivity index (χ0) is 26.1. The maximum absolute atomic E-state index is 13.4. The molecule has 36 heavy (non-hydrogen) atoms. The predicted octanol–water partition coefficient (Wildman–Crippen LogP) is 4.42. The van der Waals surface area contributed by atoms with Gasteiger partial charge in [-0.05, 0) is 55.8 Å². The fraction of sp³-hybridized carbons (Fsp3) is 0.269. The number of nitrogens with zero attached hydrogens (tertiary/aromatic N) is 2. The van der Waals surface area contributed by atoms with Crippen LogP contribution in [0.2, 0.25) is 0 Å². The number of aryl methyl sites for hydroxylation is 2. The fourth-order valence-corrected chi connectivity index (χ4v) is 5.00. The van der Waals surface area contributed by atoms with Gasteiger partial charge in [-0.3, -0.25) is 14.5 Å². The van der Waals surface area contributed by atoms with Crippen molar-refractivity contribution in [2.24, 2.45) is 0 Å². The van der Waals surface area contributed by atoms with E-state index in [-0.39, 0.29) is 11.3 Å². The zero-order valence-electron chi connectivity index (χ0n) is 20.7. The number of ketones is 1. The van der Waals surface area contributed by atoms with Crippen LogP contribution < -0.4 is 23.8 Å². The van der Waals surface area contributed by atoms with Gasteiger partial charge in [0.1, 0.15) is 11.5 Å². The van der Waals surface area contributed by atoms with Crippen molar-refractivity contribution in [3.8, 4) is 23.0 Å². The van der Waals surface area contributed by atoms with Crippen LogP contribution in [0.25, 0.3) is 5.76 Å². The molecular formula is C26H26N2O7S. The molecule has 0 aliphatic carbocycles. The number of aromatic nitrogens is 1. The van der Waals surface area contributed by atoms with Gasteiger partial charge in [-0.15, -0.1) is 11.3 Å². The SMILES string of the molecule is COc1ccc(/C(O)=C2\C(=O)C(=O)N(c3nc(C)c(C)s3)[C@@H]2c2cc(OC)c(OC)c(OC)c2)cc1. The maximum Gasteiger partial charge on any atom is 0.301 e. The van der Waals surface area contributed by atoms with Gasteiger partial charge < -0.3 is 24.1 Å². The summed E-state index contributed by atoms with van der Waals surface area (Å²) in [6.45, 7) is 3.72. The van der Waals surface area contributed by atoms with Crippen LogP contribution in [0, 0.1) is 13.8 Å². The molecule has 0 saturated carbocycles. The molecule has 10 heteroatoms. The average molecular weight is 511 g/mol. The number of hydrogen-bond donors (Lipinski definition) is 1. The van der Waals surface area contributed by atoms with E-state index in [9.17, 15) is 14.7 Å². The number of ether oxygens (including phenoxy) is 4. The summed E-state index contributed by atoms with van der Waals surface area (Å²) in [5.74, 6) is -0.312. The van der Waals surface area contributed by atoms with E-state index in [1.54, 1.807) is 36.4 Å². The van der Waals surface area contributed by atoms with E-state index >= 15 is 0 Å². The van der Waals surface area contributed by atoms with Crippen LogP contribution >= 0.6 is 11.3 Å². The molecule has 2 aromatic carbocycles. The Morgan fingerprint density at radius 1 is 0.944 bits per heavy atom. The summed E-state index contributed by atoms with van der Waals surface area (Å²) < 4.78 is 21.6. The molecule has 0 spiro atoms. The molecular weight excluding hydrogens is 484 g/mol. The quantitative estimate of drug-likeness (QED) is 0.283. The molecule has 1 fully saturated rings. The third-order valence-electron chi connectivity index (χ3n) is 6.03. The normalized spacial score (nSPS) is 16.8. The average Bonchev–Trinajstić information content (AvgIpc) is 3.36. The van der Waals surface area contributed by atoms with Crippen LogP contribution in [-0.2, 0) is 9.59 Å². The van der Waals surface area contributed by atoms with Crippen LogP contribution in [0.1, 0.15) is 27.7 Å². The van der Waals surface area contributed by atoms with Crippen molar-refractivity contribution in [1.82, 2.24) is 4.98 Å². The van der Waals surface area contributed by atoms with Gasteiger partial charge in [-0.2, -0.15) is 0 Å². The highest BCUT2D eigenvalue weighted by molar-refractivity contribution is 7.16. The second-order valence-electron chi connectivity index (χ2n) is 7.99. The summed E-state index contributed by atoms with van der Waals surface area (Å²) >= 11 is 1.29. The number of rotatable bonds is 7. The van der Waals surface area contributed by atoms with Crippen molar-refractivity contribution < 1.29 is 33.6 Å². The molecule has 1 atom stereocenters. The number of Topliss-reactive ketones (excluding diaryl/α,β-unsaturated/α-hetero) is 1. The molecule has 1 aliphatic rings. The molecule has 188 valence electrons. The van der Waals surface area contributed by atoms with Crippen LogP contribution in [0.15, 0.2) is 42.0 Å². The first-order valence-electron chi connectivity index (χ1n) is 10.9. The van der Waals surface area contributed by atoms with E-state index in [0.717, 1.165) is 10.6 Å². The highest BCUT2D eigenvalue weighted by atomic mass is 32.1. The minimum atomic E-state index is -0.995. The van der Waals surface area contributed by atoms with Gasteiger partial charge in [-0.25, -0.2) is 4.98 Å². The number of methoxy groups -OCH3 is 4. The summed E-state index contributed by atoms with van der Waals surface area (Å²) in [6.07, 6.45) is 0. The molecule has 2 heterocycles.